The number of carbonyl (C=O) groups is 1. The summed E-state index contributed by atoms with van der Waals surface area (Å²) in [5.74, 6) is 0.0402. The Morgan fingerprint density at radius 3 is 2.65 bits per heavy atom. The molecule has 1 unspecified atom stereocenters. The zero-order valence-corrected chi connectivity index (χ0v) is 10.8. The molecule has 0 radical (unpaired) electrons. The molecule has 17 heavy (non-hydrogen) atoms. The maximum atomic E-state index is 12.0. The van der Waals surface area contributed by atoms with Crippen LogP contribution >= 0.6 is 0 Å². The van der Waals surface area contributed by atoms with Crippen LogP contribution in [0.25, 0.3) is 0 Å². The third-order valence-corrected chi connectivity index (χ3v) is 2.90. The first kappa shape index (κ1) is 13.7. The molecule has 2 rings (SSSR count). The number of carbonyl (C=O) groups excluding carboxylic acids is 1. The van der Waals surface area contributed by atoms with Crippen LogP contribution in [0.1, 0.15) is 36.7 Å². The average Bonchev–Trinajstić information content (AvgIpc) is 2.37. The molecular formula is C14H21NO2. The number of fused-ring (bicyclic) bond motifs is 1. The highest BCUT2D eigenvalue weighted by atomic mass is 16.3. The molecule has 0 fully saturated rings. The quantitative estimate of drug-likeness (QED) is 0.852. The summed E-state index contributed by atoms with van der Waals surface area (Å²) in [6, 6.07) is 7.87. The van der Waals surface area contributed by atoms with E-state index in [-0.39, 0.29) is 18.6 Å². The second-order valence-electron chi connectivity index (χ2n) is 3.93. The number of rotatable bonds is 2. The van der Waals surface area contributed by atoms with Crippen LogP contribution in [0.5, 0.6) is 0 Å². The number of hydrogen-bond donors (Lipinski definition) is 1. The zero-order chi connectivity index (χ0) is 12.8. The van der Waals surface area contributed by atoms with Crippen molar-refractivity contribution in [2.45, 2.75) is 33.2 Å². The SMILES string of the molecule is CC.CC1Cc2ccccc2C(=O)N1CCO. The van der Waals surface area contributed by atoms with Crippen molar-refractivity contribution in [1.29, 1.82) is 0 Å². The van der Waals surface area contributed by atoms with Crippen molar-refractivity contribution in [3.63, 3.8) is 0 Å². The lowest BCUT2D eigenvalue weighted by molar-refractivity contribution is 0.0623. The molecular weight excluding hydrogens is 214 g/mol. The van der Waals surface area contributed by atoms with E-state index >= 15 is 0 Å². The van der Waals surface area contributed by atoms with Gasteiger partial charge in [0.05, 0.1) is 6.61 Å². The van der Waals surface area contributed by atoms with Crippen LogP contribution in [0.15, 0.2) is 24.3 Å². The molecule has 0 saturated carbocycles. The number of benzene rings is 1. The van der Waals surface area contributed by atoms with Crippen molar-refractivity contribution in [3.8, 4) is 0 Å². The summed E-state index contributed by atoms with van der Waals surface area (Å²) < 4.78 is 0. The monoisotopic (exact) mass is 235 g/mol. The molecule has 1 aliphatic rings. The van der Waals surface area contributed by atoms with Crippen LogP contribution < -0.4 is 0 Å². The van der Waals surface area contributed by atoms with Crippen molar-refractivity contribution >= 4 is 5.91 Å². The molecule has 0 spiro atoms. The molecule has 0 aromatic heterocycles. The topological polar surface area (TPSA) is 40.5 Å². The van der Waals surface area contributed by atoms with Gasteiger partial charge in [0, 0.05) is 18.2 Å². The lowest BCUT2D eigenvalue weighted by Crippen LogP contribution is -2.45. The molecule has 1 amide bonds. The Bertz CT molecular complexity index is 376. The van der Waals surface area contributed by atoms with Crippen molar-refractivity contribution in [2.75, 3.05) is 13.2 Å². The van der Waals surface area contributed by atoms with Crippen LogP contribution in [0.3, 0.4) is 0 Å². The van der Waals surface area contributed by atoms with Gasteiger partial charge in [0.25, 0.3) is 5.91 Å². The Labute approximate surface area is 103 Å². The normalized spacial score (nSPS) is 18.2. The minimum absolute atomic E-state index is 0.0260. The molecule has 1 heterocycles. The number of amides is 1. The lowest BCUT2D eigenvalue weighted by atomic mass is 9.94. The molecule has 3 heteroatoms. The summed E-state index contributed by atoms with van der Waals surface area (Å²) in [6.07, 6.45) is 0.877. The summed E-state index contributed by atoms with van der Waals surface area (Å²) >= 11 is 0. The molecule has 1 aliphatic heterocycles. The van der Waals surface area contributed by atoms with Gasteiger partial charge in [0.2, 0.25) is 0 Å². The number of β-amino-alcohol motifs (C(OH)–C–C–N with tert-alkyl or cyclic N) is 1. The maximum Gasteiger partial charge on any atom is 0.254 e. The minimum Gasteiger partial charge on any atom is -0.395 e. The van der Waals surface area contributed by atoms with Crippen LogP contribution in [0.4, 0.5) is 0 Å². The summed E-state index contributed by atoms with van der Waals surface area (Å²) in [5, 5.41) is 8.91. The van der Waals surface area contributed by atoms with Crippen LogP contribution in [0, 0.1) is 0 Å². The second kappa shape index (κ2) is 6.40. The number of aliphatic hydroxyl groups excluding tert-OH is 1. The van der Waals surface area contributed by atoms with Gasteiger partial charge < -0.3 is 10.0 Å². The first-order valence-corrected chi connectivity index (χ1v) is 6.23. The number of nitrogens with zero attached hydrogens (tertiary/aromatic N) is 1. The fourth-order valence-electron chi connectivity index (χ4n) is 2.12. The third kappa shape index (κ3) is 2.86. The Balaban J connectivity index is 0.000000686. The van der Waals surface area contributed by atoms with Gasteiger partial charge in [-0.2, -0.15) is 0 Å². The van der Waals surface area contributed by atoms with E-state index in [1.165, 1.54) is 0 Å². The Morgan fingerprint density at radius 1 is 1.35 bits per heavy atom. The smallest absolute Gasteiger partial charge is 0.254 e. The van der Waals surface area contributed by atoms with Gasteiger partial charge in [-0.3, -0.25) is 4.79 Å². The Morgan fingerprint density at radius 2 is 2.00 bits per heavy atom. The van der Waals surface area contributed by atoms with E-state index in [0.29, 0.717) is 6.54 Å². The number of hydrogen-bond acceptors (Lipinski definition) is 2. The molecule has 1 aromatic rings. The minimum atomic E-state index is 0.0260. The Hall–Kier alpha value is -1.35. The number of aliphatic hydroxyl groups is 1. The van der Waals surface area contributed by atoms with Gasteiger partial charge in [-0.05, 0) is 25.0 Å². The van der Waals surface area contributed by atoms with E-state index in [1.54, 1.807) is 4.90 Å². The summed E-state index contributed by atoms with van der Waals surface area (Å²) in [5.41, 5.74) is 1.90. The molecule has 1 atom stereocenters. The van der Waals surface area contributed by atoms with E-state index in [4.69, 9.17) is 5.11 Å². The van der Waals surface area contributed by atoms with Crippen LogP contribution in [0.2, 0.25) is 0 Å². The standard InChI is InChI=1S/C12H15NO2.C2H6/c1-9-8-10-4-2-3-5-11(10)12(15)13(9)6-7-14;1-2/h2-5,9,14H,6-8H2,1H3;1-2H3. The van der Waals surface area contributed by atoms with Gasteiger partial charge in [0.1, 0.15) is 0 Å². The zero-order valence-electron chi connectivity index (χ0n) is 10.8. The van der Waals surface area contributed by atoms with Gasteiger partial charge in [-0.25, -0.2) is 0 Å². The van der Waals surface area contributed by atoms with Crippen LogP contribution in [-0.4, -0.2) is 35.1 Å². The van der Waals surface area contributed by atoms with Crippen molar-refractivity contribution in [1.82, 2.24) is 4.90 Å². The highest BCUT2D eigenvalue weighted by Crippen LogP contribution is 2.22. The molecule has 0 bridgehead atoms. The van der Waals surface area contributed by atoms with E-state index < -0.39 is 0 Å². The second-order valence-corrected chi connectivity index (χ2v) is 3.93. The van der Waals surface area contributed by atoms with Crippen molar-refractivity contribution in [2.24, 2.45) is 0 Å². The molecule has 3 nitrogen and oxygen atoms in total. The molecule has 1 N–H and O–H groups in total. The largest absolute Gasteiger partial charge is 0.395 e. The van der Waals surface area contributed by atoms with E-state index in [1.807, 2.05) is 45.0 Å². The van der Waals surface area contributed by atoms with Crippen molar-refractivity contribution < 1.29 is 9.90 Å². The first-order chi connectivity index (χ1) is 8.24. The van der Waals surface area contributed by atoms with E-state index in [9.17, 15) is 4.79 Å². The van der Waals surface area contributed by atoms with Crippen molar-refractivity contribution in [3.05, 3.63) is 35.4 Å². The fourth-order valence-corrected chi connectivity index (χ4v) is 2.12. The predicted octanol–water partition coefficient (Wildman–Crippen LogP) is 2.09. The highest BCUT2D eigenvalue weighted by molar-refractivity contribution is 5.97. The summed E-state index contributed by atoms with van der Waals surface area (Å²) in [4.78, 5) is 13.8. The first-order valence-electron chi connectivity index (χ1n) is 6.23. The Kier molecular flexibility index (Phi) is 5.16. The van der Waals surface area contributed by atoms with E-state index in [0.717, 1.165) is 17.5 Å². The van der Waals surface area contributed by atoms with Gasteiger partial charge in [-0.15, -0.1) is 0 Å². The van der Waals surface area contributed by atoms with Gasteiger partial charge >= 0.3 is 0 Å². The lowest BCUT2D eigenvalue weighted by Gasteiger charge is -2.34. The highest BCUT2D eigenvalue weighted by Gasteiger charge is 2.28. The van der Waals surface area contributed by atoms with Gasteiger partial charge in [-0.1, -0.05) is 32.0 Å². The van der Waals surface area contributed by atoms with Gasteiger partial charge in [0.15, 0.2) is 0 Å². The third-order valence-electron chi connectivity index (χ3n) is 2.90. The van der Waals surface area contributed by atoms with Crippen LogP contribution in [-0.2, 0) is 6.42 Å². The summed E-state index contributed by atoms with van der Waals surface area (Å²) in [6.45, 7) is 6.47. The fraction of sp³-hybridized carbons (Fsp3) is 0.500. The molecule has 94 valence electrons. The molecule has 1 aromatic carbocycles. The molecule has 0 saturated heterocycles. The summed E-state index contributed by atoms with van der Waals surface area (Å²) in [7, 11) is 0. The van der Waals surface area contributed by atoms with E-state index in [2.05, 4.69) is 0 Å². The molecule has 0 aliphatic carbocycles. The predicted molar refractivity (Wildman–Crippen MR) is 69.1 cm³/mol. The maximum absolute atomic E-state index is 12.0. The average molecular weight is 235 g/mol.